The third-order valence-electron chi connectivity index (χ3n) is 6.27. The Labute approximate surface area is 194 Å². The van der Waals surface area contributed by atoms with E-state index in [1.54, 1.807) is 17.7 Å². The average Bonchev–Trinajstić information content (AvgIpc) is 3.17. The van der Waals surface area contributed by atoms with Gasteiger partial charge in [-0.25, -0.2) is 9.97 Å². The molecule has 1 aliphatic rings. The molecule has 0 spiro atoms. The summed E-state index contributed by atoms with van der Waals surface area (Å²) >= 11 is 0. The van der Waals surface area contributed by atoms with Crippen molar-refractivity contribution in [3.63, 3.8) is 0 Å². The Morgan fingerprint density at radius 3 is 2.58 bits per heavy atom. The van der Waals surface area contributed by atoms with Gasteiger partial charge in [-0.2, -0.15) is 0 Å². The monoisotopic (exact) mass is 448 g/mol. The maximum absolute atomic E-state index is 13.7. The Morgan fingerprint density at radius 2 is 1.91 bits per heavy atom. The molecule has 2 aromatic heterocycles. The SMILES string of the molecule is CCO[C@H]1Cc2ccccc2[C@H]1Nc1c(CC)nc(-c2ccc(OC)nc2C)n(CC)c1=O. The van der Waals surface area contributed by atoms with Crippen molar-refractivity contribution in [2.24, 2.45) is 0 Å². The van der Waals surface area contributed by atoms with Crippen LogP contribution in [0.5, 0.6) is 5.88 Å². The molecule has 2 heterocycles. The number of aromatic nitrogens is 3. The number of hydrogen-bond acceptors (Lipinski definition) is 6. The summed E-state index contributed by atoms with van der Waals surface area (Å²) in [5.41, 5.74) is 5.26. The van der Waals surface area contributed by atoms with Crippen LogP contribution in [-0.4, -0.2) is 34.4 Å². The van der Waals surface area contributed by atoms with Gasteiger partial charge in [0.05, 0.1) is 30.6 Å². The number of rotatable bonds is 8. The molecule has 4 rings (SSSR count). The average molecular weight is 449 g/mol. The van der Waals surface area contributed by atoms with Gasteiger partial charge in [0, 0.05) is 31.2 Å². The molecule has 1 aliphatic carbocycles. The minimum absolute atomic E-state index is 0.0284. The zero-order chi connectivity index (χ0) is 23.5. The fraction of sp³-hybridized carbons (Fsp3) is 0.423. The normalized spacial score (nSPS) is 17.1. The van der Waals surface area contributed by atoms with E-state index in [9.17, 15) is 4.79 Å². The van der Waals surface area contributed by atoms with E-state index >= 15 is 0 Å². The number of benzene rings is 1. The number of fused-ring (bicyclic) bond motifs is 1. The molecule has 0 saturated carbocycles. The fourth-order valence-corrected chi connectivity index (χ4v) is 4.64. The van der Waals surface area contributed by atoms with Crippen LogP contribution in [0.4, 0.5) is 5.69 Å². The zero-order valence-electron chi connectivity index (χ0n) is 20.0. The second-order valence-corrected chi connectivity index (χ2v) is 8.17. The van der Waals surface area contributed by atoms with E-state index in [0.29, 0.717) is 37.0 Å². The topological polar surface area (TPSA) is 78.3 Å². The molecule has 0 fully saturated rings. The van der Waals surface area contributed by atoms with Crippen molar-refractivity contribution in [1.82, 2.24) is 14.5 Å². The first kappa shape index (κ1) is 23.0. The van der Waals surface area contributed by atoms with Crippen molar-refractivity contribution >= 4 is 5.69 Å². The minimum Gasteiger partial charge on any atom is -0.481 e. The van der Waals surface area contributed by atoms with E-state index in [-0.39, 0.29) is 17.7 Å². The van der Waals surface area contributed by atoms with Crippen LogP contribution in [0.25, 0.3) is 11.4 Å². The third kappa shape index (κ3) is 4.25. The van der Waals surface area contributed by atoms with Crippen molar-refractivity contribution in [2.75, 3.05) is 19.0 Å². The van der Waals surface area contributed by atoms with Gasteiger partial charge in [0.25, 0.3) is 5.56 Å². The largest absolute Gasteiger partial charge is 0.481 e. The Balaban J connectivity index is 1.81. The second-order valence-electron chi connectivity index (χ2n) is 8.17. The molecule has 7 nitrogen and oxygen atoms in total. The lowest BCUT2D eigenvalue weighted by Gasteiger charge is -2.25. The summed E-state index contributed by atoms with van der Waals surface area (Å²) in [5.74, 6) is 1.17. The summed E-state index contributed by atoms with van der Waals surface area (Å²) in [4.78, 5) is 23.2. The summed E-state index contributed by atoms with van der Waals surface area (Å²) in [6.07, 6.45) is 1.43. The lowest BCUT2D eigenvalue weighted by atomic mass is 10.1. The lowest BCUT2D eigenvalue weighted by Crippen LogP contribution is -2.32. The minimum atomic E-state index is -0.0958. The van der Waals surface area contributed by atoms with E-state index in [4.69, 9.17) is 14.5 Å². The Hall–Kier alpha value is -3.19. The van der Waals surface area contributed by atoms with Crippen molar-refractivity contribution in [1.29, 1.82) is 0 Å². The molecule has 0 radical (unpaired) electrons. The first-order valence-electron chi connectivity index (χ1n) is 11.6. The number of pyridine rings is 1. The number of nitrogens with one attached hydrogen (secondary N) is 1. The van der Waals surface area contributed by atoms with Crippen LogP contribution < -0.4 is 15.6 Å². The van der Waals surface area contributed by atoms with Crippen molar-refractivity contribution in [3.8, 4) is 17.3 Å². The van der Waals surface area contributed by atoms with Crippen LogP contribution in [0.1, 0.15) is 49.3 Å². The van der Waals surface area contributed by atoms with Gasteiger partial charge in [0.15, 0.2) is 0 Å². The highest BCUT2D eigenvalue weighted by Crippen LogP contribution is 2.36. The highest BCUT2D eigenvalue weighted by molar-refractivity contribution is 5.62. The van der Waals surface area contributed by atoms with Crippen LogP contribution in [0.15, 0.2) is 41.2 Å². The lowest BCUT2D eigenvalue weighted by molar-refractivity contribution is 0.0574. The van der Waals surface area contributed by atoms with E-state index in [0.717, 1.165) is 23.4 Å². The van der Waals surface area contributed by atoms with Gasteiger partial charge in [-0.05, 0) is 44.4 Å². The molecule has 0 saturated heterocycles. The molecule has 174 valence electrons. The molecule has 33 heavy (non-hydrogen) atoms. The fourth-order valence-electron chi connectivity index (χ4n) is 4.64. The van der Waals surface area contributed by atoms with Crippen molar-refractivity contribution < 1.29 is 9.47 Å². The molecule has 7 heteroatoms. The quantitative estimate of drug-likeness (QED) is 0.553. The Morgan fingerprint density at radius 1 is 1.12 bits per heavy atom. The molecular weight excluding hydrogens is 416 g/mol. The number of aryl methyl sites for hydroxylation is 2. The van der Waals surface area contributed by atoms with Crippen LogP contribution in [0, 0.1) is 6.92 Å². The van der Waals surface area contributed by atoms with Crippen molar-refractivity contribution in [2.45, 2.75) is 59.2 Å². The van der Waals surface area contributed by atoms with E-state index < -0.39 is 0 Å². The summed E-state index contributed by atoms with van der Waals surface area (Å²) in [6.45, 7) is 9.02. The van der Waals surface area contributed by atoms with Crippen LogP contribution >= 0.6 is 0 Å². The standard InChI is InChI=1S/C26H32N4O3/c1-6-20-24(29-23-19-12-10-9-11-17(19)15-21(23)33-8-3)26(31)30(7-2)25(28-20)18-13-14-22(32-5)27-16(18)4/h9-14,21,23,29H,6-8,15H2,1-5H3/t21-,23+/m0/s1. The Kier molecular flexibility index (Phi) is 6.79. The second kappa shape index (κ2) is 9.75. The zero-order valence-corrected chi connectivity index (χ0v) is 20.0. The summed E-state index contributed by atoms with van der Waals surface area (Å²) in [5, 5.41) is 3.55. The smallest absolute Gasteiger partial charge is 0.277 e. The predicted octanol–water partition coefficient (Wildman–Crippen LogP) is 4.32. The molecule has 0 amide bonds. The van der Waals surface area contributed by atoms with E-state index in [1.165, 1.54) is 11.1 Å². The van der Waals surface area contributed by atoms with Crippen molar-refractivity contribution in [3.05, 3.63) is 69.3 Å². The van der Waals surface area contributed by atoms with Gasteiger partial charge in [0.2, 0.25) is 5.88 Å². The number of ether oxygens (including phenoxy) is 2. The maximum atomic E-state index is 13.7. The van der Waals surface area contributed by atoms with Crippen LogP contribution in [0.3, 0.4) is 0 Å². The molecule has 3 aromatic rings. The first-order chi connectivity index (χ1) is 16.0. The Bertz CT molecular complexity index is 1200. The maximum Gasteiger partial charge on any atom is 0.277 e. The van der Waals surface area contributed by atoms with Crippen LogP contribution in [0.2, 0.25) is 0 Å². The molecule has 1 aromatic carbocycles. The van der Waals surface area contributed by atoms with Gasteiger partial charge < -0.3 is 14.8 Å². The summed E-state index contributed by atoms with van der Waals surface area (Å²) < 4.78 is 13.0. The molecule has 2 atom stereocenters. The van der Waals surface area contributed by atoms with E-state index in [2.05, 4.69) is 22.4 Å². The summed E-state index contributed by atoms with van der Waals surface area (Å²) in [7, 11) is 1.59. The van der Waals surface area contributed by atoms with Gasteiger partial charge in [0.1, 0.15) is 11.5 Å². The van der Waals surface area contributed by atoms with Gasteiger partial charge in [-0.15, -0.1) is 0 Å². The van der Waals surface area contributed by atoms with Crippen LogP contribution in [-0.2, 0) is 24.1 Å². The highest BCUT2D eigenvalue weighted by atomic mass is 16.5. The highest BCUT2D eigenvalue weighted by Gasteiger charge is 2.34. The van der Waals surface area contributed by atoms with E-state index in [1.807, 2.05) is 45.9 Å². The van der Waals surface area contributed by atoms with Gasteiger partial charge in [-0.3, -0.25) is 9.36 Å². The number of methoxy groups -OCH3 is 1. The molecule has 0 aliphatic heterocycles. The molecule has 1 N–H and O–H groups in total. The number of anilines is 1. The molecular formula is C26H32N4O3. The predicted molar refractivity (Wildman–Crippen MR) is 130 cm³/mol. The summed E-state index contributed by atoms with van der Waals surface area (Å²) in [6, 6.07) is 12.0. The number of nitrogens with zero attached hydrogens (tertiary/aromatic N) is 3. The number of hydrogen-bond donors (Lipinski definition) is 1. The van der Waals surface area contributed by atoms with Gasteiger partial charge in [-0.1, -0.05) is 31.2 Å². The molecule has 0 bridgehead atoms. The first-order valence-corrected chi connectivity index (χ1v) is 11.6. The third-order valence-corrected chi connectivity index (χ3v) is 6.27. The van der Waals surface area contributed by atoms with Gasteiger partial charge >= 0.3 is 0 Å². The molecule has 0 unspecified atom stereocenters.